The van der Waals surface area contributed by atoms with Crippen LogP contribution in [0.4, 0.5) is 13.2 Å². The van der Waals surface area contributed by atoms with E-state index in [9.17, 15) is 23.1 Å². The van der Waals surface area contributed by atoms with Gasteiger partial charge in [0, 0.05) is 18.5 Å². The van der Waals surface area contributed by atoms with Gasteiger partial charge in [0.25, 0.3) is 0 Å². The van der Waals surface area contributed by atoms with Crippen LogP contribution in [0.3, 0.4) is 0 Å². The molecular weight excluding hydrogens is 345 g/mol. The first kappa shape index (κ1) is 19.2. The quantitative estimate of drug-likeness (QED) is 0.857. The van der Waals surface area contributed by atoms with E-state index in [2.05, 4.69) is 5.32 Å². The van der Waals surface area contributed by atoms with Crippen molar-refractivity contribution in [2.75, 3.05) is 19.6 Å². The molecule has 3 rings (SSSR count). The van der Waals surface area contributed by atoms with E-state index < -0.39 is 18.3 Å². The van der Waals surface area contributed by atoms with Crippen molar-refractivity contribution in [3.8, 4) is 0 Å². The average Bonchev–Trinajstić information content (AvgIpc) is 2.62. The number of halogens is 3. The third kappa shape index (κ3) is 4.04. The van der Waals surface area contributed by atoms with Gasteiger partial charge >= 0.3 is 6.18 Å². The topological polar surface area (TPSA) is 52.6 Å². The first-order valence-electron chi connectivity index (χ1n) is 9.16. The van der Waals surface area contributed by atoms with E-state index in [-0.39, 0.29) is 24.4 Å². The molecule has 3 atom stereocenters. The Labute approximate surface area is 151 Å². The normalized spacial score (nSPS) is 29.3. The van der Waals surface area contributed by atoms with Crippen molar-refractivity contribution in [3.05, 3.63) is 35.9 Å². The number of hydrogen-bond donors (Lipinski definition) is 2. The Balaban J connectivity index is 1.73. The summed E-state index contributed by atoms with van der Waals surface area (Å²) < 4.78 is 36.9. The number of nitrogens with zero attached hydrogens (tertiary/aromatic N) is 1. The number of carbonyl (C=O) groups is 1. The van der Waals surface area contributed by atoms with Gasteiger partial charge in [0.2, 0.25) is 5.91 Å². The van der Waals surface area contributed by atoms with Crippen LogP contribution < -0.4 is 5.32 Å². The van der Waals surface area contributed by atoms with Crippen LogP contribution >= 0.6 is 0 Å². The summed E-state index contributed by atoms with van der Waals surface area (Å²) in [7, 11) is 0. The minimum atomic E-state index is -4.33. The van der Waals surface area contributed by atoms with E-state index in [0.717, 1.165) is 31.2 Å². The second-order valence-electron chi connectivity index (χ2n) is 7.30. The van der Waals surface area contributed by atoms with E-state index in [1.165, 1.54) is 0 Å². The molecule has 0 bridgehead atoms. The maximum Gasteiger partial charge on any atom is 0.401 e. The molecule has 1 saturated carbocycles. The molecule has 2 aliphatic rings. The number of carbonyl (C=O) groups excluding carboxylic acids is 1. The zero-order valence-corrected chi connectivity index (χ0v) is 14.6. The summed E-state index contributed by atoms with van der Waals surface area (Å²) in [5.41, 5.74) is -0.123. The predicted molar refractivity (Wildman–Crippen MR) is 91.3 cm³/mol. The number of nitrogens with one attached hydrogen (secondary N) is 1. The molecule has 144 valence electrons. The number of rotatable bonds is 4. The van der Waals surface area contributed by atoms with Crippen LogP contribution in [0.15, 0.2) is 30.3 Å². The van der Waals surface area contributed by atoms with Gasteiger partial charge in [0.15, 0.2) is 0 Å². The molecule has 1 heterocycles. The van der Waals surface area contributed by atoms with Crippen molar-refractivity contribution in [2.45, 2.75) is 49.9 Å². The van der Waals surface area contributed by atoms with E-state index in [0.29, 0.717) is 13.0 Å². The summed E-state index contributed by atoms with van der Waals surface area (Å²) >= 11 is 0. The molecule has 26 heavy (non-hydrogen) atoms. The highest BCUT2D eigenvalue weighted by atomic mass is 19.4. The molecule has 2 fully saturated rings. The number of alkyl halides is 3. The number of amides is 1. The molecule has 1 unspecified atom stereocenters. The van der Waals surface area contributed by atoms with E-state index in [1.54, 1.807) is 4.90 Å². The van der Waals surface area contributed by atoms with Crippen LogP contribution in [0, 0.1) is 5.92 Å². The first-order chi connectivity index (χ1) is 12.3. The Kier molecular flexibility index (Phi) is 5.58. The molecule has 1 aromatic carbocycles. The first-order valence-corrected chi connectivity index (χ1v) is 9.16. The van der Waals surface area contributed by atoms with Crippen LogP contribution in [0.5, 0.6) is 0 Å². The smallest absolute Gasteiger partial charge is 0.385 e. The fourth-order valence-electron chi connectivity index (χ4n) is 4.49. The molecule has 7 heteroatoms. The third-order valence-corrected chi connectivity index (χ3v) is 5.67. The summed E-state index contributed by atoms with van der Waals surface area (Å²) in [6.07, 6.45) is -0.372. The number of likely N-dealkylation sites (tertiary alicyclic amines) is 1. The Morgan fingerprint density at radius 2 is 1.92 bits per heavy atom. The zero-order valence-electron chi connectivity index (χ0n) is 14.6. The van der Waals surface area contributed by atoms with Gasteiger partial charge in [-0.05, 0) is 24.8 Å². The second-order valence-corrected chi connectivity index (χ2v) is 7.30. The molecule has 1 aliphatic heterocycles. The van der Waals surface area contributed by atoms with Gasteiger partial charge in [-0.15, -0.1) is 0 Å². The monoisotopic (exact) mass is 370 g/mol. The number of benzene rings is 1. The molecule has 0 radical (unpaired) electrons. The van der Waals surface area contributed by atoms with Gasteiger partial charge < -0.3 is 15.3 Å². The summed E-state index contributed by atoms with van der Waals surface area (Å²) in [6, 6.07) is 9.38. The Morgan fingerprint density at radius 1 is 1.23 bits per heavy atom. The molecule has 2 N–H and O–H groups in total. The lowest BCUT2D eigenvalue weighted by molar-refractivity contribution is -0.155. The molecule has 0 aromatic heterocycles. The van der Waals surface area contributed by atoms with Crippen LogP contribution in [0.25, 0.3) is 0 Å². The van der Waals surface area contributed by atoms with Crippen LogP contribution in [-0.2, 0) is 10.4 Å². The standard InChI is InChI=1S/C19H25F3N2O2/c20-19(21,22)13-23-12-17(25)24-11-10-18(26,14-6-2-1-3-7-14)15-8-4-5-9-16(15)24/h1-3,6-7,15-16,23,26H,4-5,8-13H2/t15-,16?,18-/m1/s1. The summed E-state index contributed by atoms with van der Waals surface area (Å²) in [5, 5.41) is 13.6. The lowest BCUT2D eigenvalue weighted by Gasteiger charge is -2.52. The molecular formula is C19H25F3N2O2. The van der Waals surface area contributed by atoms with Crippen molar-refractivity contribution < 1.29 is 23.1 Å². The lowest BCUT2D eigenvalue weighted by Crippen LogP contribution is -2.60. The number of aliphatic hydroxyl groups is 1. The maximum atomic E-state index is 12.5. The molecule has 1 saturated heterocycles. The second kappa shape index (κ2) is 7.56. The van der Waals surface area contributed by atoms with Gasteiger partial charge in [0.05, 0.1) is 18.7 Å². The van der Waals surface area contributed by atoms with Crippen molar-refractivity contribution >= 4 is 5.91 Å². The highest BCUT2D eigenvalue weighted by molar-refractivity contribution is 5.78. The minimum Gasteiger partial charge on any atom is -0.385 e. The third-order valence-electron chi connectivity index (χ3n) is 5.67. The van der Waals surface area contributed by atoms with Gasteiger partial charge in [0.1, 0.15) is 0 Å². The fourth-order valence-corrected chi connectivity index (χ4v) is 4.49. The Morgan fingerprint density at radius 3 is 2.62 bits per heavy atom. The van der Waals surface area contributed by atoms with Crippen molar-refractivity contribution in [1.82, 2.24) is 10.2 Å². The zero-order chi connectivity index (χ0) is 18.8. The van der Waals surface area contributed by atoms with Crippen molar-refractivity contribution in [1.29, 1.82) is 0 Å². The Bertz CT molecular complexity index is 623. The molecule has 0 spiro atoms. The van der Waals surface area contributed by atoms with Gasteiger partial charge in [-0.2, -0.15) is 13.2 Å². The van der Waals surface area contributed by atoms with Crippen molar-refractivity contribution in [3.63, 3.8) is 0 Å². The Hall–Kier alpha value is -1.60. The van der Waals surface area contributed by atoms with Gasteiger partial charge in [-0.3, -0.25) is 4.79 Å². The lowest BCUT2D eigenvalue weighted by atomic mass is 9.66. The molecule has 4 nitrogen and oxygen atoms in total. The summed E-state index contributed by atoms with van der Waals surface area (Å²) in [6.45, 7) is -1.14. The summed E-state index contributed by atoms with van der Waals surface area (Å²) in [4.78, 5) is 14.2. The average molecular weight is 370 g/mol. The predicted octanol–water partition coefficient (Wildman–Crippen LogP) is 2.82. The summed E-state index contributed by atoms with van der Waals surface area (Å²) in [5.74, 6) is -0.403. The molecule has 1 aliphatic carbocycles. The van der Waals surface area contributed by atoms with E-state index in [4.69, 9.17) is 0 Å². The van der Waals surface area contributed by atoms with Crippen LogP contribution in [0.1, 0.15) is 37.7 Å². The van der Waals surface area contributed by atoms with Gasteiger partial charge in [-0.25, -0.2) is 0 Å². The number of fused-ring (bicyclic) bond motifs is 1. The minimum absolute atomic E-state index is 0.0843. The van der Waals surface area contributed by atoms with E-state index in [1.807, 2.05) is 30.3 Å². The van der Waals surface area contributed by atoms with Crippen molar-refractivity contribution in [2.24, 2.45) is 5.92 Å². The highest BCUT2D eigenvalue weighted by Gasteiger charge is 2.50. The molecule has 1 amide bonds. The van der Waals surface area contributed by atoms with Crippen LogP contribution in [0.2, 0.25) is 0 Å². The number of hydrogen-bond acceptors (Lipinski definition) is 3. The highest BCUT2D eigenvalue weighted by Crippen LogP contribution is 2.46. The molecule has 1 aromatic rings. The fraction of sp³-hybridized carbons (Fsp3) is 0.632. The SMILES string of the molecule is O=C(CNCC(F)(F)F)N1CC[C@@](O)(c2ccccc2)[C@@H]2CCCCC21. The van der Waals surface area contributed by atoms with E-state index >= 15 is 0 Å². The maximum absolute atomic E-state index is 12.5. The van der Waals surface area contributed by atoms with Crippen LogP contribution in [-0.4, -0.2) is 47.8 Å². The largest absolute Gasteiger partial charge is 0.401 e. The van der Waals surface area contributed by atoms with Gasteiger partial charge in [-0.1, -0.05) is 43.2 Å². The number of piperidine rings is 1.